The molecular weight excluding hydrogens is 1250 g/mol. The molecule has 0 saturated heterocycles. The average molecular weight is 1330 g/mol. The predicted octanol–water partition coefficient (Wildman–Crippen LogP) is 11.0. The smallest absolute Gasteiger partial charge is 0.410 e. The van der Waals surface area contributed by atoms with Gasteiger partial charge in [0, 0.05) is 84.6 Å². The Morgan fingerprint density at radius 1 is 0.614 bits per heavy atom. The van der Waals surface area contributed by atoms with Gasteiger partial charge in [0.25, 0.3) is 0 Å². The highest BCUT2D eigenvalue weighted by Crippen LogP contribution is 2.36. The molecule has 0 fully saturated rings. The number of hydrogen-bond acceptors (Lipinski definition) is 16. The molecule has 11 rings (SSSR count). The van der Waals surface area contributed by atoms with Crippen molar-refractivity contribution in [2.24, 2.45) is 0 Å². The van der Waals surface area contributed by atoms with Gasteiger partial charge in [0.15, 0.2) is 0 Å². The molecular formula is C61H84Cl3N13O8S3. The van der Waals surface area contributed by atoms with E-state index in [0.29, 0.717) is 41.7 Å². The molecule has 480 valence electrons. The molecule has 3 aliphatic carbocycles. The van der Waals surface area contributed by atoms with Gasteiger partial charge in [-0.3, -0.25) is 29.3 Å². The number of carboxylic acid groups (broad SMARTS) is 1. The number of nitrogens with one attached hydrogen (secondary N) is 1. The second-order valence-corrected chi connectivity index (χ2v) is 22.5. The highest BCUT2D eigenvalue weighted by molar-refractivity contribution is 7.59. The molecule has 2 N–H and O–H groups in total. The number of carbonyl (C=O) groups is 4. The van der Waals surface area contributed by atoms with Gasteiger partial charge >= 0.3 is 24.0 Å². The standard InChI is InChI=1S/C21H29N3O4.C18H18ClN5O2.C16H21N3O2.C4H2Cl2N2.2CH4.3H2S/c1-6-27-18(25)13-24-16-10-9-14(23(5)20(26)28-21(2,3)4)12-15(16)19-17(24)8-7-11-22-19;1-23(18-21-8-11(19)9-22-18)12-4-5-14-13(7-12)17-15(3-2-6-20-17)24(14)10-16(25)26;1-3-21-15(20)10-19-13-7-6-11(17-2)9-12(13)16-14(19)5-4-8-18-16;5-3-1-7-4(6)8-2-3;;;;;/h7-8,11,14H,6,9-10,12-13H2,1-5H3;2-3,6,8-9,12H,4-5,7,10H2,1H3,(H,25,26);4-5,8,11,17H,3,6-7,9-10H2,1-2H3;1-2H;2*1H4;3*1H2/t14-;12-;11-;;;;;;/m000....../s1. The maximum atomic E-state index is 12.5. The molecule has 0 unspecified atom stereocenters. The molecule has 0 saturated carbocycles. The minimum Gasteiger partial charge on any atom is -0.480 e. The van der Waals surface area contributed by atoms with Crippen LogP contribution in [0.1, 0.15) is 103 Å². The Kier molecular flexibility index (Phi) is 29.8. The number of aromatic nitrogens is 10. The van der Waals surface area contributed by atoms with Crippen LogP contribution in [0.4, 0.5) is 10.7 Å². The SMILES string of the molecule is C.C.CCOC(=O)Cn1c2c(c3ncccc31)C[C@@H](N(C)C(=O)OC(C)(C)C)CC2.CCOC(=O)Cn1c2c(c3ncccc31)C[C@@H](NC)CC2.CN(c1ncc(Cl)cn1)[C@H]1CCc2c(c3ncccc3n2CC(=O)O)C1.Clc1cnc(Cl)nc1.S.S.S. The van der Waals surface area contributed by atoms with Crippen molar-refractivity contribution in [1.82, 2.24) is 58.8 Å². The third-order valence-corrected chi connectivity index (χ3v) is 15.4. The van der Waals surface area contributed by atoms with Crippen LogP contribution >= 0.6 is 75.3 Å². The van der Waals surface area contributed by atoms with Crippen molar-refractivity contribution < 1.29 is 38.5 Å². The number of fused-ring (bicyclic) bond motifs is 9. The van der Waals surface area contributed by atoms with Crippen molar-refractivity contribution in [1.29, 1.82) is 0 Å². The highest BCUT2D eigenvalue weighted by Gasteiger charge is 2.34. The summed E-state index contributed by atoms with van der Waals surface area (Å²) < 4.78 is 21.7. The van der Waals surface area contributed by atoms with Crippen molar-refractivity contribution in [3.63, 3.8) is 0 Å². The van der Waals surface area contributed by atoms with Gasteiger partial charge < -0.3 is 48.1 Å². The molecule has 0 radical (unpaired) electrons. The van der Waals surface area contributed by atoms with Crippen molar-refractivity contribution in [3.05, 3.63) is 129 Å². The van der Waals surface area contributed by atoms with Gasteiger partial charge in [-0.25, -0.2) is 24.7 Å². The van der Waals surface area contributed by atoms with Crippen LogP contribution in [0.15, 0.2) is 79.8 Å². The molecule has 27 heteroatoms. The van der Waals surface area contributed by atoms with E-state index in [0.717, 1.165) is 107 Å². The van der Waals surface area contributed by atoms with Gasteiger partial charge in [0.05, 0.1) is 81.1 Å². The van der Waals surface area contributed by atoms with Gasteiger partial charge in [-0.2, -0.15) is 40.5 Å². The van der Waals surface area contributed by atoms with Crippen molar-refractivity contribution in [2.75, 3.05) is 39.3 Å². The van der Waals surface area contributed by atoms with E-state index in [1.165, 1.54) is 23.7 Å². The van der Waals surface area contributed by atoms with Crippen LogP contribution in [0.25, 0.3) is 33.1 Å². The van der Waals surface area contributed by atoms with Crippen LogP contribution in [-0.2, 0) is 86.8 Å². The first-order valence-electron chi connectivity index (χ1n) is 27.6. The summed E-state index contributed by atoms with van der Waals surface area (Å²) in [6.07, 6.45) is 18.8. The third-order valence-electron chi connectivity index (χ3n) is 14.8. The number of carbonyl (C=O) groups excluding carboxylic acids is 3. The Hall–Kier alpha value is -6.41. The summed E-state index contributed by atoms with van der Waals surface area (Å²) in [6, 6.07) is 12.3. The van der Waals surface area contributed by atoms with E-state index in [1.807, 2.05) is 93.5 Å². The van der Waals surface area contributed by atoms with Crippen LogP contribution in [0.5, 0.6) is 0 Å². The Balaban J connectivity index is 0.000000317. The van der Waals surface area contributed by atoms with E-state index in [2.05, 4.69) is 49.7 Å². The molecule has 0 spiro atoms. The van der Waals surface area contributed by atoms with Crippen LogP contribution in [-0.4, -0.2) is 141 Å². The first-order chi connectivity index (χ1) is 39.8. The lowest BCUT2D eigenvalue weighted by Gasteiger charge is -2.33. The van der Waals surface area contributed by atoms with Gasteiger partial charge in [-0.15, -0.1) is 0 Å². The predicted molar refractivity (Wildman–Crippen MR) is 363 cm³/mol. The second kappa shape index (κ2) is 34.5. The van der Waals surface area contributed by atoms with E-state index >= 15 is 0 Å². The number of nitrogens with zero attached hydrogens (tertiary/aromatic N) is 12. The molecule has 8 aromatic rings. The lowest BCUT2D eigenvalue weighted by atomic mass is 9.91. The lowest BCUT2D eigenvalue weighted by Crippen LogP contribution is -2.43. The molecule has 88 heavy (non-hydrogen) atoms. The summed E-state index contributed by atoms with van der Waals surface area (Å²) in [6.45, 7) is 10.4. The van der Waals surface area contributed by atoms with Crippen LogP contribution < -0.4 is 10.2 Å². The fraction of sp³-hybridized carbons (Fsp3) is 0.459. The topological polar surface area (TPSA) is 240 Å². The second-order valence-electron chi connectivity index (χ2n) is 21.2. The van der Waals surface area contributed by atoms with Gasteiger partial charge in [-0.1, -0.05) is 38.1 Å². The number of rotatable bonds is 12. The quantitative estimate of drug-likeness (QED) is 0.0656. The molecule has 0 aromatic carbocycles. The van der Waals surface area contributed by atoms with E-state index < -0.39 is 11.6 Å². The largest absolute Gasteiger partial charge is 0.480 e. The van der Waals surface area contributed by atoms with E-state index in [4.69, 9.17) is 49.0 Å². The van der Waals surface area contributed by atoms with Crippen LogP contribution in [0.3, 0.4) is 0 Å². The zero-order valence-corrected chi connectivity index (χ0v) is 54.7. The number of halogens is 3. The fourth-order valence-electron chi connectivity index (χ4n) is 11.0. The molecule has 0 bridgehead atoms. The molecule has 8 heterocycles. The normalized spacial score (nSPS) is 15.2. The van der Waals surface area contributed by atoms with Gasteiger partial charge in [-0.05, 0) is 147 Å². The molecule has 21 nitrogen and oxygen atoms in total. The number of pyridine rings is 3. The van der Waals surface area contributed by atoms with E-state index in [-0.39, 0.29) is 110 Å². The zero-order valence-electron chi connectivity index (χ0n) is 49.4. The average Bonchev–Trinajstić information content (AvgIpc) is 4.01. The third kappa shape index (κ3) is 18.6. The number of amides is 1. The van der Waals surface area contributed by atoms with E-state index in [9.17, 15) is 24.3 Å². The minimum atomic E-state index is -0.845. The molecule has 3 atom stereocenters. The number of hydrogen-bond donors (Lipinski definition) is 2. The lowest BCUT2D eigenvalue weighted by molar-refractivity contribution is -0.144. The Labute approximate surface area is 551 Å². The summed E-state index contributed by atoms with van der Waals surface area (Å²) in [5, 5.41) is 13.9. The molecule has 3 aliphatic rings. The molecule has 0 aliphatic heterocycles. The Morgan fingerprint density at radius 2 is 1.01 bits per heavy atom. The Bertz CT molecular complexity index is 3560. The van der Waals surface area contributed by atoms with Crippen molar-refractivity contribution >= 4 is 138 Å². The Morgan fingerprint density at radius 3 is 1.42 bits per heavy atom. The summed E-state index contributed by atoms with van der Waals surface area (Å²) in [7, 11) is 5.76. The number of likely N-dealkylation sites (N-methyl/N-ethyl adjacent to an activating group) is 3. The van der Waals surface area contributed by atoms with Gasteiger partial charge in [0.2, 0.25) is 11.2 Å². The minimum absolute atomic E-state index is 0. The maximum absolute atomic E-state index is 12.5. The fourth-order valence-corrected chi connectivity index (χ4v) is 11.3. The van der Waals surface area contributed by atoms with Crippen molar-refractivity contribution in [3.8, 4) is 0 Å². The summed E-state index contributed by atoms with van der Waals surface area (Å²) in [5.41, 5.74) is 12.1. The first kappa shape index (κ1) is 75.8. The summed E-state index contributed by atoms with van der Waals surface area (Å²) >= 11 is 16.6. The first-order valence-corrected chi connectivity index (χ1v) is 28.8. The van der Waals surface area contributed by atoms with Crippen LogP contribution in [0.2, 0.25) is 15.3 Å². The van der Waals surface area contributed by atoms with E-state index in [1.54, 1.807) is 43.7 Å². The van der Waals surface area contributed by atoms with Crippen LogP contribution in [0, 0.1) is 0 Å². The number of carboxylic acids is 1. The molecule has 8 aromatic heterocycles. The monoisotopic (exact) mass is 1330 g/mol. The van der Waals surface area contributed by atoms with Gasteiger partial charge in [0.1, 0.15) is 25.2 Å². The summed E-state index contributed by atoms with van der Waals surface area (Å²) in [5.74, 6) is -0.650. The number of ether oxygens (including phenoxy) is 3. The number of anilines is 1. The molecule has 1 amide bonds. The summed E-state index contributed by atoms with van der Waals surface area (Å²) in [4.78, 5) is 80.9. The number of aliphatic carboxylic acids is 1. The number of esters is 2. The van der Waals surface area contributed by atoms with Crippen molar-refractivity contribution in [2.45, 2.75) is 151 Å². The zero-order chi connectivity index (χ0) is 59.5. The highest BCUT2D eigenvalue weighted by atomic mass is 35.5. The maximum Gasteiger partial charge on any atom is 0.410 e.